The van der Waals surface area contributed by atoms with Crippen molar-refractivity contribution in [1.82, 2.24) is 20.0 Å². The zero-order valence-corrected chi connectivity index (χ0v) is 15.5. The summed E-state index contributed by atoms with van der Waals surface area (Å²) in [6.45, 7) is 7.02. The van der Waals surface area contributed by atoms with Gasteiger partial charge in [-0.25, -0.2) is 4.39 Å². The molecule has 140 valence electrons. The fourth-order valence-corrected chi connectivity index (χ4v) is 3.19. The van der Waals surface area contributed by atoms with E-state index in [0.29, 0.717) is 6.54 Å². The first-order chi connectivity index (χ1) is 12.5. The highest BCUT2D eigenvalue weighted by Gasteiger charge is 2.28. The van der Waals surface area contributed by atoms with E-state index in [-0.39, 0.29) is 18.0 Å². The molecule has 1 N–H and O–H groups in total. The number of hydrogen-bond donors (Lipinski definition) is 1. The summed E-state index contributed by atoms with van der Waals surface area (Å²) in [6, 6.07) is 6.52. The summed E-state index contributed by atoms with van der Waals surface area (Å²) in [7, 11) is 1.79. The van der Waals surface area contributed by atoms with Gasteiger partial charge in [0.15, 0.2) is 5.96 Å². The predicted molar refractivity (Wildman–Crippen MR) is 99.6 cm³/mol. The van der Waals surface area contributed by atoms with Crippen molar-refractivity contribution in [2.45, 2.75) is 32.6 Å². The maximum absolute atomic E-state index is 13.2. The van der Waals surface area contributed by atoms with Gasteiger partial charge in [0, 0.05) is 26.3 Å². The first-order valence-corrected chi connectivity index (χ1v) is 8.90. The number of aromatic nitrogens is 2. The molecule has 0 saturated carbocycles. The zero-order valence-electron chi connectivity index (χ0n) is 15.5. The fourth-order valence-electron chi connectivity index (χ4n) is 3.19. The third kappa shape index (κ3) is 4.60. The fraction of sp³-hybridized carbons (Fsp3) is 0.474. The van der Waals surface area contributed by atoms with Gasteiger partial charge in [0.2, 0.25) is 0 Å². The van der Waals surface area contributed by atoms with Gasteiger partial charge in [-0.2, -0.15) is 5.10 Å². The summed E-state index contributed by atoms with van der Waals surface area (Å²) in [5, 5.41) is 7.69. The maximum Gasteiger partial charge on any atom is 0.193 e. The average molecular weight is 359 g/mol. The summed E-state index contributed by atoms with van der Waals surface area (Å²) in [5.74, 6) is 0.608. The second-order valence-corrected chi connectivity index (χ2v) is 6.65. The molecule has 2 aromatic rings. The van der Waals surface area contributed by atoms with Crippen molar-refractivity contribution >= 4 is 5.96 Å². The Morgan fingerprint density at radius 3 is 2.77 bits per heavy atom. The average Bonchev–Trinajstić information content (AvgIpc) is 3.04. The van der Waals surface area contributed by atoms with Crippen LogP contribution in [-0.2, 0) is 11.3 Å². The van der Waals surface area contributed by atoms with Crippen molar-refractivity contribution in [3.63, 3.8) is 0 Å². The Balaban J connectivity index is 1.60. The molecule has 2 atom stereocenters. The molecule has 1 fully saturated rings. The molecule has 3 rings (SSSR count). The van der Waals surface area contributed by atoms with E-state index in [9.17, 15) is 4.39 Å². The van der Waals surface area contributed by atoms with Gasteiger partial charge in [-0.1, -0.05) is 12.1 Å². The van der Waals surface area contributed by atoms with E-state index >= 15 is 0 Å². The Morgan fingerprint density at radius 1 is 1.35 bits per heavy atom. The lowest BCUT2D eigenvalue weighted by Gasteiger charge is -2.38. The van der Waals surface area contributed by atoms with Crippen molar-refractivity contribution in [3.8, 4) is 0 Å². The van der Waals surface area contributed by atoms with Gasteiger partial charge in [0.1, 0.15) is 11.9 Å². The van der Waals surface area contributed by atoms with Crippen LogP contribution in [0.2, 0.25) is 0 Å². The van der Waals surface area contributed by atoms with Gasteiger partial charge in [-0.15, -0.1) is 0 Å². The third-order valence-electron chi connectivity index (χ3n) is 4.40. The summed E-state index contributed by atoms with van der Waals surface area (Å²) in [4.78, 5) is 6.60. The van der Waals surface area contributed by atoms with Crippen LogP contribution in [-0.4, -0.2) is 53.4 Å². The number of rotatable bonds is 4. The molecule has 2 heterocycles. The second-order valence-electron chi connectivity index (χ2n) is 6.65. The molecule has 0 bridgehead atoms. The standard InChI is InChI=1S/C19H26FN5O/c1-14-10-23-25(11-14)9-8-22-19(21-3)24-12-15(2)26-18(13-24)16-4-6-17(20)7-5-16/h4-7,10-11,15,18H,8-9,12-13H2,1-3H3,(H,21,22). The van der Waals surface area contributed by atoms with Crippen LogP contribution in [0.3, 0.4) is 0 Å². The molecule has 0 aliphatic carbocycles. The molecule has 6 nitrogen and oxygen atoms in total. The minimum Gasteiger partial charge on any atom is -0.367 e. The quantitative estimate of drug-likeness (QED) is 0.673. The van der Waals surface area contributed by atoms with Crippen LogP contribution in [0.25, 0.3) is 0 Å². The van der Waals surface area contributed by atoms with Crippen LogP contribution in [0.15, 0.2) is 41.7 Å². The molecular formula is C19H26FN5O. The molecule has 1 aliphatic rings. The topological polar surface area (TPSA) is 54.7 Å². The summed E-state index contributed by atoms with van der Waals surface area (Å²) >= 11 is 0. The number of nitrogens with one attached hydrogen (secondary N) is 1. The number of aryl methyl sites for hydroxylation is 1. The number of guanidine groups is 1. The minimum absolute atomic E-state index is 0.0612. The van der Waals surface area contributed by atoms with E-state index in [1.807, 2.05) is 30.9 Å². The molecule has 1 aromatic carbocycles. The monoisotopic (exact) mass is 359 g/mol. The molecule has 1 aromatic heterocycles. The predicted octanol–water partition coefficient (Wildman–Crippen LogP) is 2.37. The van der Waals surface area contributed by atoms with E-state index in [2.05, 4.69) is 20.3 Å². The summed E-state index contributed by atoms with van der Waals surface area (Å²) in [6.07, 6.45) is 3.83. The van der Waals surface area contributed by atoms with E-state index < -0.39 is 0 Å². The number of nitrogens with zero attached hydrogens (tertiary/aromatic N) is 4. The lowest BCUT2D eigenvalue weighted by molar-refractivity contribution is -0.0605. The Labute approximate surface area is 153 Å². The van der Waals surface area contributed by atoms with Crippen molar-refractivity contribution in [2.75, 3.05) is 26.7 Å². The number of benzene rings is 1. The molecule has 26 heavy (non-hydrogen) atoms. The van der Waals surface area contributed by atoms with Gasteiger partial charge < -0.3 is 15.0 Å². The van der Waals surface area contributed by atoms with Crippen molar-refractivity contribution < 1.29 is 9.13 Å². The van der Waals surface area contributed by atoms with Gasteiger partial charge >= 0.3 is 0 Å². The van der Waals surface area contributed by atoms with Crippen LogP contribution in [0.1, 0.15) is 24.2 Å². The largest absolute Gasteiger partial charge is 0.367 e. The van der Waals surface area contributed by atoms with Crippen LogP contribution >= 0.6 is 0 Å². The zero-order chi connectivity index (χ0) is 18.5. The molecule has 1 aliphatic heterocycles. The number of morpholine rings is 1. The van der Waals surface area contributed by atoms with Gasteiger partial charge in [-0.05, 0) is 37.1 Å². The van der Waals surface area contributed by atoms with Crippen LogP contribution < -0.4 is 5.32 Å². The van der Waals surface area contributed by atoms with E-state index in [0.717, 1.165) is 36.7 Å². The van der Waals surface area contributed by atoms with Gasteiger partial charge in [0.05, 0.1) is 25.4 Å². The molecule has 0 amide bonds. The smallest absolute Gasteiger partial charge is 0.193 e. The number of ether oxygens (including phenoxy) is 1. The Bertz CT molecular complexity index is 743. The van der Waals surface area contributed by atoms with Gasteiger partial charge in [-0.3, -0.25) is 9.67 Å². The molecule has 2 unspecified atom stereocenters. The van der Waals surface area contributed by atoms with E-state index in [4.69, 9.17) is 4.74 Å². The van der Waals surface area contributed by atoms with Crippen LogP contribution in [0, 0.1) is 12.7 Å². The van der Waals surface area contributed by atoms with Crippen molar-refractivity contribution in [2.24, 2.45) is 4.99 Å². The molecule has 1 saturated heterocycles. The van der Waals surface area contributed by atoms with E-state index in [1.165, 1.54) is 12.1 Å². The Hall–Kier alpha value is -2.41. The molecule has 0 spiro atoms. The van der Waals surface area contributed by atoms with Crippen molar-refractivity contribution in [1.29, 1.82) is 0 Å². The highest BCUT2D eigenvalue weighted by molar-refractivity contribution is 5.80. The van der Waals surface area contributed by atoms with E-state index in [1.54, 1.807) is 19.2 Å². The third-order valence-corrected chi connectivity index (χ3v) is 4.40. The molecular weight excluding hydrogens is 333 g/mol. The van der Waals surface area contributed by atoms with Gasteiger partial charge in [0.25, 0.3) is 0 Å². The van der Waals surface area contributed by atoms with Crippen LogP contribution in [0.4, 0.5) is 4.39 Å². The normalized spacial score (nSPS) is 21.1. The number of hydrogen-bond acceptors (Lipinski definition) is 3. The Morgan fingerprint density at radius 2 is 2.12 bits per heavy atom. The first-order valence-electron chi connectivity index (χ1n) is 8.90. The summed E-state index contributed by atoms with van der Waals surface area (Å²) in [5.41, 5.74) is 2.13. The minimum atomic E-state index is -0.235. The second kappa shape index (κ2) is 8.31. The molecule has 7 heteroatoms. The first kappa shape index (κ1) is 18.4. The number of aliphatic imine (C=N–C) groups is 1. The lowest BCUT2D eigenvalue weighted by Crippen LogP contribution is -2.51. The SMILES string of the molecule is CN=C(NCCn1cc(C)cn1)N1CC(C)OC(c2ccc(F)cc2)C1. The van der Waals surface area contributed by atoms with Crippen molar-refractivity contribution in [3.05, 3.63) is 53.6 Å². The highest BCUT2D eigenvalue weighted by Crippen LogP contribution is 2.25. The lowest BCUT2D eigenvalue weighted by atomic mass is 10.1. The summed E-state index contributed by atoms with van der Waals surface area (Å²) < 4.78 is 21.2. The van der Waals surface area contributed by atoms with Crippen LogP contribution in [0.5, 0.6) is 0 Å². The highest BCUT2D eigenvalue weighted by atomic mass is 19.1. The number of halogens is 1. The Kier molecular flexibility index (Phi) is 5.88. The maximum atomic E-state index is 13.2. The molecule has 0 radical (unpaired) electrons.